The van der Waals surface area contributed by atoms with Gasteiger partial charge >= 0.3 is 0 Å². The maximum Gasteiger partial charge on any atom is 0.264 e. The van der Waals surface area contributed by atoms with Gasteiger partial charge in [-0.15, -0.1) is 0 Å². The second kappa shape index (κ2) is 15.2. The summed E-state index contributed by atoms with van der Waals surface area (Å²) < 4.78 is 30.0. The van der Waals surface area contributed by atoms with Gasteiger partial charge in [-0.05, 0) is 54.3 Å². The molecule has 0 bridgehead atoms. The van der Waals surface area contributed by atoms with E-state index in [0.717, 1.165) is 21.0 Å². The molecule has 0 heterocycles. The summed E-state index contributed by atoms with van der Waals surface area (Å²) in [6, 6.07) is 31.4. The minimum atomic E-state index is -4.15. The second-order valence-corrected chi connectivity index (χ2v) is 13.9. The fourth-order valence-electron chi connectivity index (χ4n) is 4.75. The van der Waals surface area contributed by atoms with Crippen LogP contribution < -0.4 is 9.62 Å². The second-order valence-electron chi connectivity index (χ2n) is 11.2. The maximum absolute atomic E-state index is 14.5. The number of anilines is 1. The molecule has 0 unspecified atom stereocenters. The predicted molar refractivity (Wildman–Crippen MR) is 179 cm³/mol. The van der Waals surface area contributed by atoms with Gasteiger partial charge in [0, 0.05) is 24.0 Å². The fraction of sp³-hybridized carbons (Fsp3) is 0.257. The largest absolute Gasteiger partial charge is 0.354 e. The highest BCUT2D eigenvalue weighted by Crippen LogP contribution is 2.27. The summed E-state index contributed by atoms with van der Waals surface area (Å²) in [4.78, 5) is 29.8. The number of carbonyl (C=O) groups is 2. The van der Waals surface area contributed by atoms with Crippen molar-refractivity contribution in [3.05, 3.63) is 130 Å². The summed E-state index contributed by atoms with van der Waals surface area (Å²) >= 11 is 3.44. The van der Waals surface area contributed by atoms with Crippen molar-refractivity contribution in [2.45, 2.75) is 44.7 Å². The first-order valence-electron chi connectivity index (χ1n) is 14.5. The molecule has 4 aromatic carbocycles. The molecule has 4 rings (SSSR count). The molecule has 0 aliphatic heterocycles. The van der Waals surface area contributed by atoms with Crippen molar-refractivity contribution in [3.63, 3.8) is 0 Å². The molecule has 0 fully saturated rings. The number of aryl methyl sites for hydroxylation is 1. The van der Waals surface area contributed by atoms with Crippen LogP contribution >= 0.6 is 15.9 Å². The summed E-state index contributed by atoms with van der Waals surface area (Å²) in [5, 5.41) is 3.01. The normalized spacial score (nSPS) is 12.0. The smallest absolute Gasteiger partial charge is 0.264 e. The number of sulfonamides is 1. The zero-order valence-electron chi connectivity index (χ0n) is 25.2. The van der Waals surface area contributed by atoms with Gasteiger partial charge in [0.1, 0.15) is 12.6 Å². The van der Waals surface area contributed by atoms with Crippen LogP contribution in [0.5, 0.6) is 0 Å². The Labute approximate surface area is 269 Å². The van der Waals surface area contributed by atoms with E-state index in [-0.39, 0.29) is 29.7 Å². The molecule has 0 spiro atoms. The number of halogens is 1. The maximum atomic E-state index is 14.5. The Hall–Kier alpha value is -3.95. The Morgan fingerprint density at radius 2 is 1.43 bits per heavy atom. The van der Waals surface area contributed by atoms with Gasteiger partial charge in [0.25, 0.3) is 10.0 Å². The van der Waals surface area contributed by atoms with Gasteiger partial charge < -0.3 is 10.2 Å². The fourth-order valence-corrected chi connectivity index (χ4v) is 6.55. The number of hydrogen-bond donors (Lipinski definition) is 1. The number of carbonyl (C=O) groups excluding carboxylic acids is 2. The van der Waals surface area contributed by atoms with Gasteiger partial charge in [-0.1, -0.05) is 114 Å². The average molecular weight is 677 g/mol. The lowest BCUT2D eigenvalue weighted by Gasteiger charge is -2.34. The van der Waals surface area contributed by atoms with Crippen molar-refractivity contribution in [3.8, 4) is 0 Å². The molecule has 2 amide bonds. The van der Waals surface area contributed by atoms with Crippen molar-refractivity contribution in [2.75, 3.05) is 17.4 Å². The van der Waals surface area contributed by atoms with Gasteiger partial charge in [0.15, 0.2) is 0 Å². The molecule has 0 aliphatic rings. The first-order chi connectivity index (χ1) is 21.0. The highest BCUT2D eigenvalue weighted by Gasteiger charge is 2.34. The molecule has 1 atom stereocenters. The SMILES string of the molecule is Cc1ccc(S(=O)(=O)N(CC(=O)N(Cc2ccccc2)[C@H](Cc2ccccc2)C(=O)NCC(C)C)c2cccc(Br)c2)cc1. The first kappa shape index (κ1) is 33.0. The molecule has 0 radical (unpaired) electrons. The van der Waals surface area contributed by atoms with E-state index in [9.17, 15) is 18.0 Å². The third-order valence-electron chi connectivity index (χ3n) is 7.14. The van der Waals surface area contributed by atoms with E-state index in [1.807, 2.05) is 81.4 Å². The molecule has 4 aromatic rings. The van der Waals surface area contributed by atoms with Crippen LogP contribution in [0.15, 0.2) is 119 Å². The number of nitrogens with zero attached hydrogens (tertiary/aromatic N) is 2. The van der Waals surface area contributed by atoms with E-state index in [1.54, 1.807) is 48.5 Å². The predicted octanol–water partition coefficient (Wildman–Crippen LogP) is 6.37. The van der Waals surface area contributed by atoms with E-state index in [4.69, 9.17) is 0 Å². The molecule has 1 N–H and O–H groups in total. The van der Waals surface area contributed by atoms with Crippen molar-refractivity contribution < 1.29 is 18.0 Å². The number of amides is 2. The molecule has 0 saturated carbocycles. The number of benzene rings is 4. The summed E-state index contributed by atoms with van der Waals surface area (Å²) in [6.07, 6.45) is 0.269. The molecular weight excluding hydrogens is 638 g/mol. The molecule has 44 heavy (non-hydrogen) atoms. The number of rotatable bonds is 13. The van der Waals surface area contributed by atoms with Crippen molar-refractivity contribution in [1.82, 2.24) is 10.2 Å². The van der Waals surface area contributed by atoms with Gasteiger partial charge in [-0.2, -0.15) is 0 Å². The van der Waals surface area contributed by atoms with E-state index in [0.29, 0.717) is 16.7 Å². The van der Waals surface area contributed by atoms with Crippen LogP contribution in [0.2, 0.25) is 0 Å². The lowest BCUT2D eigenvalue weighted by molar-refractivity contribution is -0.140. The van der Waals surface area contributed by atoms with Crippen LogP contribution in [0.3, 0.4) is 0 Å². The van der Waals surface area contributed by atoms with Crippen LogP contribution in [-0.2, 0) is 32.6 Å². The minimum Gasteiger partial charge on any atom is -0.354 e. The zero-order chi connectivity index (χ0) is 31.7. The summed E-state index contributed by atoms with van der Waals surface area (Å²) in [6.45, 7) is 5.97. The van der Waals surface area contributed by atoms with Gasteiger partial charge in [0.2, 0.25) is 11.8 Å². The first-order valence-corrected chi connectivity index (χ1v) is 16.8. The topological polar surface area (TPSA) is 86.8 Å². The molecule has 9 heteroatoms. The van der Waals surface area contributed by atoms with Crippen molar-refractivity contribution in [1.29, 1.82) is 0 Å². The highest BCUT2D eigenvalue weighted by atomic mass is 79.9. The van der Waals surface area contributed by atoms with Gasteiger partial charge in [-0.25, -0.2) is 8.42 Å². The van der Waals surface area contributed by atoms with Crippen LogP contribution in [0.4, 0.5) is 5.69 Å². The van der Waals surface area contributed by atoms with Gasteiger partial charge in [0.05, 0.1) is 10.6 Å². The molecule has 230 valence electrons. The number of nitrogens with one attached hydrogen (secondary N) is 1. The van der Waals surface area contributed by atoms with Crippen molar-refractivity contribution in [2.24, 2.45) is 5.92 Å². The van der Waals surface area contributed by atoms with Crippen LogP contribution in [0, 0.1) is 12.8 Å². The lowest BCUT2D eigenvalue weighted by atomic mass is 10.0. The Balaban J connectivity index is 1.78. The summed E-state index contributed by atoms with van der Waals surface area (Å²) in [7, 11) is -4.15. The summed E-state index contributed by atoms with van der Waals surface area (Å²) in [5.74, 6) is -0.575. The summed E-state index contributed by atoms with van der Waals surface area (Å²) in [5.41, 5.74) is 2.96. The van der Waals surface area contributed by atoms with E-state index in [1.165, 1.54) is 4.90 Å². The third-order valence-corrected chi connectivity index (χ3v) is 9.42. The van der Waals surface area contributed by atoms with Crippen LogP contribution in [0.25, 0.3) is 0 Å². The van der Waals surface area contributed by atoms with E-state index < -0.39 is 28.5 Å². The Bertz CT molecular complexity index is 1650. The standard InChI is InChI=1S/C35H38BrN3O4S/c1-26(2)23-37-35(41)33(21-28-11-6-4-7-12-28)38(24-29-13-8-5-9-14-29)34(40)25-39(31-16-10-15-30(36)22-31)44(42,43)32-19-17-27(3)18-20-32/h4-20,22,26,33H,21,23-25H2,1-3H3,(H,37,41)/t33-/m1/s1. The highest BCUT2D eigenvalue weighted by molar-refractivity contribution is 9.10. The van der Waals surface area contributed by atoms with Gasteiger partial charge in [-0.3, -0.25) is 13.9 Å². The number of hydrogen-bond acceptors (Lipinski definition) is 4. The Morgan fingerprint density at radius 3 is 2.02 bits per heavy atom. The van der Waals surface area contributed by atoms with Crippen LogP contribution in [-0.4, -0.2) is 44.3 Å². The monoisotopic (exact) mass is 675 g/mol. The zero-order valence-corrected chi connectivity index (χ0v) is 27.6. The Morgan fingerprint density at radius 1 is 0.818 bits per heavy atom. The lowest BCUT2D eigenvalue weighted by Crippen LogP contribution is -2.53. The van der Waals surface area contributed by atoms with Crippen LogP contribution in [0.1, 0.15) is 30.5 Å². The molecule has 0 saturated heterocycles. The molecular formula is C35H38BrN3O4S. The third kappa shape index (κ3) is 8.80. The van der Waals surface area contributed by atoms with Crippen molar-refractivity contribution >= 4 is 43.5 Å². The van der Waals surface area contributed by atoms with E-state index >= 15 is 0 Å². The van der Waals surface area contributed by atoms with E-state index in [2.05, 4.69) is 21.2 Å². The quantitative estimate of drug-likeness (QED) is 0.179. The Kier molecular flexibility index (Phi) is 11.4. The molecule has 0 aromatic heterocycles. The molecule has 7 nitrogen and oxygen atoms in total. The molecule has 0 aliphatic carbocycles. The minimum absolute atomic E-state index is 0.0704. The average Bonchev–Trinajstić information content (AvgIpc) is 3.01.